The van der Waals surface area contributed by atoms with Gasteiger partial charge in [-0.25, -0.2) is 4.98 Å². The van der Waals surface area contributed by atoms with Gasteiger partial charge in [-0.05, 0) is 60.2 Å². The summed E-state index contributed by atoms with van der Waals surface area (Å²) in [7, 11) is 0. The molecule has 7 nitrogen and oxygen atoms in total. The largest absolute Gasteiger partial charge is 0.489 e. The standard InChI is InChI=1S/C26H19N3O4S/c30-24(18-8-11-20(12-9-18)33-16-17-5-2-1-3-6-17)27-19-10-13-21-23(15-19)34-26(28-21)29-25(31)22-7-4-14-32-22/h1-15H,16H2,(H,27,30)(H,28,29,31). The lowest BCUT2D eigenvalue weighted by molar-refractivity contribution is 0.0994. The summed E-state index contributed by atoms with van der Waals surface area (Å²) in [5.41, 5.74) is 2.95. The molecular weight excluding hydrogens is 450 g/mol. The number of hydrogen-bond acceptors (Lipinski definition) is 6. The number of benzene rings is 3. The number of nitrogens with zero attached hydrogens (tertiary/aromatic N) is 1. The van der Waals surface area contributed by atoms with Crippen molar-refractivity contribution in [2.75, 3.05) is 10.6 Å². The highest BCUT2D eigenvalue weighted by Gasteiger charge is 2.13. The molecule has 0 aliphatic carbocycles. The van der Waals surface area contributed by atoms with Crippen molar-refractivity contribution in [3.05, 3.63) is 108 Å². The maximum atomic E-state index is 12.7. The zero-order valence-electron chi connectivity index (χ0n) is 17.9. The van der Waals surface area contributed by atoms with Crippen molar-refractivity contribution < 1.29 is 18.7 Å². The van der Waals surface area contributed by atoms with Crippen LogP contribution in [0.15, 0.2) is 95.6 Å². The highest BCUT2D eigenvalue weighted by atomic mass is 32.1. The third-order valence-corrected chi connectivity index (χ3v) is 5.91. The Morgan fingerprint density at radius 1 is 0.882 bits per heavy atom. The quantitative estimate of drug-likeness (QED) is 0.306. The Kier molecular flexibility index (Phi) is 6.05. The van der Waals surface area contributed by atoms with Crippen LogP contribution in [0.25, 0.3) is 10.2 Å². The Balaban J connectivity index is 1.22. The van der Waals surface area contributed by atoms with Crippen molar-refractivity contribution in [2.24, 2.45) is 0 Å². The van der Waals surface area contributed by atoms with Gasteiger partial charge in [-0.3, -0.25) is 14.9 Å². The summed E-state index contributed by atoms with van der Waals surface area (Å²) < 4.78 is 11.7. The van der Waals surface area contributed by atoms with Crippen LogP contribution in [0.1, 0.15) is 26.5 Å². The summed E-state index contributed by atoms with van der Waals surface area (Å²) in [6.45, 7) is 0.463. The van der Waals surface area contributed by atoms with Gasteiger partial charge < -0.3 is 14.5 Å². The average molecular weight is 470 g/mol. The maximum Gasteiger partial charge on any atom is 0.293 e. The number of aromatic nitrogens is 1. The van der Waals surface area contributed by atoms with E-state index in [0.717, 1.165) is 15.8 Å². The zero-order chi connectivity index (χ0) is 23.3. The van der Waals surface area contributed by atoms with E-state index in [0.29, 0.717) is 28.7 Å². The molecule has 0 unspecified atom stereocenters. The number of ether oxygens (including phenoxy) is 1. The van der Waals surface area contributed by atoms with Gasteiger partial charge in [0.05, 0.1) is 16.5 Å². The van der Waals surface area contributed by atoms with E-state index in [2.05, 4.69) is 15.6 Å². The number of carbonyl (C=O) groups is 2. The fraction of sp³-hybridized carbons (Fsp3) is 0.0385. The Bertz CT molecular complexity index is 1430. The van der Waals surface area contributed by atoms with E-state index in [-0.39, 0.29) is 17.6 Å². The first-order valence-corrected chi connectivity index (χ1v) is 11.3. The molecule has 0 bridgehead atoms. The summed E-state index contributed by atoms with van der Waals surface area (Å²) >= 11 is 1.31. The van der Waals surface area contributed by atoms with E-state index in [4.69, 9.17) is 9.15 Å². The third-order valence-electron chi connectivity index (χ3n) is 4.98. The van der Waals surface area contributed by atoms with Crippen LogP contribution in [0.4, 0.5) is 10.8 Å². The molecule has 5 aromatic rings. The molecule has 0 saturated carbocycles. The first kappa shape index (κ1) is 21.4. The lowest BCUT2D eigenvalue weighted by Gasteiger charge is -2.08. The lowest BCUT2D eigenvalue weighted by atomic mass is 10.2. The minimum Gasteiger partial charge on any atom is -0.489 e. The van der Waals surface area contributed by atoms with Crippen LogP contribution in [-0.4, -0.2) is 16.8 Å². The van der Waals surface area contributed by atoms with Crippen LogP contribution >= 0.6 is 11.3 Å². The maximum absolute atomic E-state index is 12.7. The number of rotatable bonds is 7. The van der Waals surface area contributed by atoms with Crippen LogP contribution < -0.4 is 15.4 Å². The fourth-order valence-corrected chi connectivity index (χ4v) is 4.17. The number of thiazole rings is 1. The molecule has 2 heterocycles. The molecule has 0 spiro atoms. The van der Waals surface area contributed by atoms with E-state index in [1.807, 2.05) is 36.4 Å². The first-order valence-electron chi connectivity index (χ1n) is 10.5. The van der Waals surface area contributed by atoms with E-state index in [1.54, 1.807) is 48.5 Å². The van der Waals surface area contributed by atoms with Gasteiger partial charge in [-0.2, -0.15) is 0 Å². The molecule has 0 saturated heterocycles. The van der Waals surface area contributed by atoms with E-state index >= 15 is 0 Å². The predicted molar refractivity (Wildman–Crippen MR) is 131 cm³/mol. The topological polar surface area (TPSA) is 93.5 Å². The second-order valence-corrected chi connectivity index (χ2v) is 8.42. The smallest absolute Gasteiger partial charge is 0.293 e. The molecule has 168 valence electrons. The number of furan rings is 1. The summed E-state index contributed by atoms with van der Waals surface area (Å²) in [6.07, 6.45) is 1.44. The Labute approximate surface area is 199 Å². The number of hydrogen-bond donors (Lipinski definition) is 2. The normalized spacial score (nSPS) is 10.7. The van der Waals surface area contributed by atoms with Crippen molar-refractivity contribution in [1.82, 2.24) is 4.98 Å². The lowest BCUT2D eigenvalue weighted by Crippen LogP contribution is -2.11. The van der Waals surface area contributed by atoms with Gasteiger partial charge >= 0.3 is 0 Å². The summed E-state index contributed by atoms with van der Waals surface area (Å²) in [5.74, 6) is 0.304. The van der Waals surface area contributed by atoms with Crippen molar-refractivity contribution in [2.45, 2.75) is 6.61 Å². The number of nitrogens with one attached hydrogen (secondary N) is 2. The van der Waals surface area contributed by atoms with Gasteiger partial charge in [0, 0.05) is 11.3 Å². The second-order valence-electron chi connectivity index (χ2n) is 7.39. The molecular formula is C26H19N3O4S. The number of carbonyl (C=O) groups excluding carboxylic acids is 2. The molecule has 0 aliphatic rings. The third kappa shape index (κ3) is 4.97. The molecule has 0 radical (unpaired) electrons. The molecule has 0 fully saturated rings. The molecule has 3 aromatic carbocycles. The summed E-state index contributed by atoms with van der Waals surface area (Å²) in [5, 5.41) is 6.07. The molecule has 8 heteroatoms. The van der Waals surface area contributed by atoms with Crippen LogP contribution in [-0.2, 0) is 6.61 Å². The van der Waals surface area contributed by atoms with Crippen LogP contribution in [0.3, 0.4) is 0 Å². The Hall–Kier alpha value is -4.43. The predicted octanol–water partition coefficient (Wildman–Crippen LogP) is 5.97. The first-order chi connectivity index (χ1) is 16.6. The zero-order valence-corrected chi connectivity index (χ0v) is 18.7. The number of fused-ring (bicyclic) bond motifs is 1. The van der Waals surface area contributed by atoms with Gasteiger partial charge in [0.25, 0.3) is 11.8 Å². The molecule has 2 aromatic heterocycles. The number of amides is 2. The second kappa shape index (κ2) is 9.60. The van der Waals surface area contributed by atoms with Gasteiger partial charge in [0.2, 0.25) is 0 Å². The summed E-state index contributed by atoms with van der Waals surface area (Å²) in [4.78, 5) is 29.3. The van der Waals surface area contributed by atoms with E-state index in [1.165, 1.54) is 17.6 Å². The van der Waals surface area contributed by atoms with Crippen molar-refractivity contribution in [3.63, 3.8) is 0 Å². The average Bonchev–Trinajstić information content (AvgIpc) is 3.53. The SMILES string of the molecule is O=C(Nc1ccc2nc(NC(=O)c3ccco3)sc2c1)c1ccc(OCc2ccccc2)cc1. The van der Waals surface area contributed by atoms with Crippen molar-refractivity contribution >= 4 is 44.2 Å². The minimum absolute atomic E-state index is 0.212. The molecule has 5 rings (SSSR count). The molecule has 0 aliphatic heterocycles. The Morgan fingerprint density at radius 3 is 2.47 bits per heavy atom. The van der Waals surface area contributed by atoms with Gasteiger partial charge in [-0.1, -0.05) is 41.7 Å². The van der Waals surface area contributed by atoms with Crippen LogP contribution in [0.5, 0.6) is 5.75 Å². The highest BCUT2D eigenvalue weighted by Crippen LogP contribution is 2.29. The van der Waals surface area contributed by atoms with Gasteiger partial charge in [0.1, 0.15) is 12.4 Å². The fourth-order valence-electron chi connectivity index (χ4n) is 3.27. The molecule has 0 atom stereocenters. The Morgan fingerprint density at radius 2 is 1.71 bits per heavy atom. The van der Waals surface area contributed by atoms with E-state index in [9.17, 15) is 9.59 Å². The van der Waals surface area contributed by atoms with E-state index < -0.39 is 0 Å². The van der Waals surface area contributed by atoms with Crippen LogP contribution in [0.2, 0.25) is 0 Å². The van der Waals surface area contributed by atoms with Crippen LogP contribution in [0, 0.1) is 0 Å². The van der Waals surface area contributed by atoms with Crippen molar-refractivity contribution in [3.8, 4) is 5.75 Å². The summed E-state index contributed by atoms with van der Waals surface area (Å²) in [6, 6.07) is 25.5. The number of anilines is 2. The monoisotopic (exact) mass is 469 g/mol. The van der Waals surface area contributed by atoms with Gasteiger partial charge in [0.15, 0.2) is 10.9 Å². The van der Waals surface area contributed by atoms with Gasteiger partial charge in [-0.15, -0.1) is 0 Å². The van der Waals surface area contributed by atoms with Crippen molar-refractivity contribution in [1.29, 1.82) is 0 Å². The minimum atomic E-state index is -0.367. The molecule has 2 amide bonds. The molecule has 2 N–H and O–H groups in total. The highest BCUT2D eigenvalue weighted by molar-refractivity contribution is 7.22. The molecule has 34 heavy (non-hydrogen) atoms.